The molecule has 19 heavy (non-hydrogen) atoms. The van der Waals surface area contributed by atoms with Gasteiger partial charge in [0, 0.05) is 31.7 Å². The third-order valence-electron chi connectivity index (χ3n) is 3.84. The van der Waals surface area contributed by atoms with Gasteiger partial charge in [0.1, 0.15) is 5.75 Å². The molecular formula is C15H22N2O2. The van der Waals surface area contributed by atoms with E-state index in [0.717, 1.165) is 37.5 Å². The summed E-state index contributed by atoms with van der Waals surface area (Å²) in [5.41, 5.74) is 0.757. The van der Waals surface area contributed by atoms with Gasteiger partial charge >= 0.3 is 0 Å². The third kappa shape index (κ3) is 3.33. The predicted octanol–water partition coefficient (Wildman–Crippen LogP) is 1.51. The molecule has 1 aliphatic rings. The Morgan fingerprint density at radius 3 is 2.26 bits per heavy atom. The summed E-state index contributed by atoms with van der Waals surface area (Å²) in [6, 6.07) is 7.30. The van der Waals surface area contributed by atoms with E-state index in [0.29, 0.717) is 0 Å². The molecule has 104 valence electrons. The molecule has 1 aliphatic heterocycles. The average Bonchev–Trinajstić information content (AvgIpc) is 2.46. The van der Waals surface area contributed by atoms with E-state index in [-0.39, 0.29) is 11.8 Å². The molecule has 0 amide bonds. The minimum atomic E-state index is -0.0536. The number of ether oxygens (including phenoxy) is 1. The maximum absolute atomic E-state index is 12.4. The summed E-state index contributed by atoms with van der Waals surface area (Å²) in [5.74, 6) is 0.969. The molecule has 0 bridgehead atoms. The van der Waals surface area contributed by atoms with Crippen LogP contribution < -0.4 is 4.74 Å². The van der Waals surface area contributed by atoms with Crippen LogP contribution in [0.3, 0.4) is 0 Å². The maximum atomic E-state index is 12.4. The first-order valence-electron chi connectivity index (χ1n) is 6.72. The molecule has 4 heteroatoms. The smallest absolute Gasteiger partial charge is 0.179 e. The zero-order chi connectivity index (χ0) is 13.8. The number of carbonyl (C=O) groups excluding carboxylic acids is 1. The van der Waals surface area contributed by atoms with Crippen molar-refractivity contribution in [3.63, 3.8) is 0 Å². The Labute approximate surface area is 115 Å². The molecule has 2 rings (SSSR count). The lowest BCUT2D eigenvalue weighted by molar-refractivity contribution is 0.0738. The Hall–Kier alpha value is -1.39. The average molecular weight is 262 g/mol. The van der Waals surface area contributed by atoms with Gasteiger partial charge in [-0.2, -0.15) is 0 Å². The van der Waals surface area contributed by atoms with Crippen LogP contribution in [0, 0.1) is 0 Å². The molecule has 1 aromatic rings. The van der Waals surface area contributed by atoms with Crippen LogP contribution in [0.1, 0.15) is 17.3 Å². The Kier molecular flexibility index (Phi) is 4.56. The molecule has 0 aliphatic carbocycles. The molecule has 1 aromatic carbocycles. The van der Waals surface area contributed by atoms with Crippen LogP contribution in [0.15, 0.2) is 24.3 Å². The zero-order valence-corrected chi connectivity index (χ0v) is 11.9. The molecule has 4 nitrogen and oxygen atoms in total. The molecule has 0 radical (unpaired) electrons. The van der Waals surface area contributed by atoms with Gasteiger partial charge in [-0.3, -0.25) is 9.69 Å². The first-order chi connectivity index (χ1) is 9.11. The number of likely N-dealkylation sites (N-methyl/N-ethyl adjacent to an activating group) is 1. The summed E-state index contributed by atoms with van der Waals surface area (Å²) < 4.78 is 5.11. The standard InChI is InChI=1S/C15H22N2O2/c1-12(17-10-8-16(2)9-11-17)15(18)13-4-6-14(19-3)7-5-13/h4-7,12H,8-11H2,1-3H3/t12-/m0/s1. The van der Waals surface area contributed by atoms with Crippen LogP contribution in [0.5, 0.6) is 5.75 Å². The van der Waals surface area contributed by atoms with Crippen molar-refractivity contribution in [3.05, 3.63) is 29.8 Å². The normalized spacial score (nSPS) is 19.1. The second kappa shape index (κ2) is 6.17. The lowest BCUT2D eigenvalue weighted by Crippen LogP contribution is -2.50. The summed E-state index contributed by atoms with van der Waals surface area (Å²) in [7, 11) is 3.75. The van der Waals surface area contributed by atoms with Gasteiger partial charge < -0.3 is 9.64 Å². The third-order valence-corrected chi connectivity index (χ3v) is 3.84. The quantitative estimate of drug-likeness (QED) is 0.770. The summed E-state index contributed by atoms with van der Waals surface area (Å²) in [5, 5.41) is 0. The molecule has 1 fully saturated rings. The number of benzene rings is 1. The monoisotopic (exact) mass is 262 g/mol. The molecule has 1 atom stereocenters. The van der Waals surface area contributed by atoms with E-state index in [9.17, 15) is 4.79 Å². The minimum absolute atomic E-state index is 0.0536. The number of nitrogens with zero attached hydrogens (tertiary/aromatic N) is 2. The number of carbonyl (C=O) groups is 1. The van der Waals surface area contributed by atoms with Crippen molar-refractivity contribution in [1.29, 1.82) is 0 Å². The maximum Gasteiger partial charge on any atom is 0.179 e. The molecule has 0 N–H and O–H groups in total. The number of Topliss-reactive ketones (excluding diaryl/α,β-unsaturated/α-hetero) is 1. The second-order valence-electron chi connectivity index (χ2n) is 5.11. The first-order valence-corrected chi connectivity index (χ1v) is 6.72. The van der Waals surface area contributed by atoms with Crippen molar-refractivity contribution in [1.82, 2.24) is 9.80 Å². The van der Waals surface area contributed by atoms with E-state index < -0.39 is 0 Å². The number of hydrogen-bond donors (Lipinski definition) is 0. The number of hydrogen-bond acceptors (Lipinski definition) is 4. The first kappa shape index (κ1) is 14.0. The highest BCUT2D eigenvalue weighted by Gasteiger charge is 2.25. The van der Waals surface area contributed by atoms with Gasteiger partial charge in [0.15, 0.2) is 5.78 Å². The number of ketones is 1. The van der Waals surface area contributed by atoms with Gasteiger partial charge in [-0.15, -0.1) is 0 Å². The van der Waals surface area contributed by atoms with Crippen molar-refractivity contribution in [2.45, 2.75) is 13.0 Å². The van der Waals surface area contributed by atoms with Gasteiger partial charge in [-0.25, -0.2) is 0 Å². The van der Waals surface area contributed by atoms with E-state index in [1.807, 2.05) is 31.2 Å². The van der Waals surface area contributed by atoms with Crippen LogP contribution in [0.25, 0.3) is 0 Å². The number of rotatable bonds is 4. The predicted molar refractivity (Wildman–Crippen MR) is 75.9 cm³/mol. The highest BCUT2D eigenvalue weighted by atomic mass is 16.5. The van der Waals surface area contributed by atoms with Gasteiger partial charge in [0.05, 0.1) is 13.2 Å². The Balaban J connectivity index is 2.01. The fourth-order valence-corrected chi connectivity index (χ4v) is 2.37. The van der Waals surface area contributed by atoms with Crippen molar-refractivity contribution in [3.8, 4) is 5.75 Å². The molecular weight excluding hydrogens is 240 g/mol. The fraction of sp³-hybridized carbons (Fsp3) is 0.533. The largest absolute Gasteiger partial charge is 0.497 e. The van der Waals surface area contributed by atoms with E-state index in [2.05, 4.69) is 16.8 Å². The van der Waals surface area contributed by atoms with Crippen LogP contribution in [-0.4, -0.2) is 62.0 Å². The van der Waals surface area contributed by atoms with Crippen LogP contribution in [-0.2, 0) is 0 Å². The highest BCUT2D eigenvalue weighted by molar-refractivity contribution is 5.99. The number of piperazine rings is 1. The Morgan fingerprint density at radius 2 is 1.74 bits per heavy atom. The van der Waals surface area contributed by atoms with Crippen LogP contribution in [0.4, 0.5) is 0 Å². The summed E-state index contributed by atoms with van der Waals surface area (Å²) in [6.07, 6.45) is 0. The molecule has 1 saturated heterocycles. The van der Waals surface area contributed by atoms with Crippen molar-refractivity contribution < 1.29 is 9.53 Å². The van der Waals surface area contributed by atoms with Crippen molar-refractivity contribution in [2.75, 3.05) is 40.3 Å². The minimum Gasteiger partial charge on any atom is -0.497 e. The summed E-state index contributed by atoms with van der Waals surface area (Å²) in [4.78, 5) is 17.0. The van der Waals surface area contributed by atoms with E-state index in [1.54, 1.807) is 7.11 Å². The summed E-state index contributed by atoms with van der Waals surface area (Å²) in [6.45, 7) is 5.97. The van der Waals surface area contributed by atoms with E-state index in [4.69, 9.17) is 4.74 Å². The van der Waals surface area contributed by atoms with E-state index in [1.165, 1.54) is 0 Å². The van der Waals surface area contributed by atoms with Crippen LogP contribution in [0.2, 0.25) is 0 Å². The second-order valence-corrected chi connectivity index (χ2v) is 5.11. The number of methoxy groups -OCH3 is 1. The Bertz CT molecular complexity index is 422. The molecule has 0 saturated carbocycles. The van der Waals surface area contributed by atoms with Gasteiger partial charge in [0.2, 0.25) is 0 Å². The fourth-order valence-electron chi connectivity index (χ4n) is 2.37. The summed E-state index contributed by atoms with van der Waals surface area (Å²) >= 11 is 0. The molecule has 0 unspecified atom stereocenters. The van der Waals surface area contributed by atoms with Crippen LogP contribution >= 0.6 is 0 Å². The van der Waals surface area contributed by atoms with E-state index >= 15 is 0 Å². The van der Waals surface area contributed by atoms with Gasteiger partial charge in [0.25, 0.3) is 0 Å². The molecule has 0 aromatic heterocycles. The zero-order valence-electron chi connectivity index (χ0n) is 11.9. The SMILES string of the molecule is COc1ccc(C(=O)[C@H](C)N2CCN(C)CC2)cc1. The van der Waals surface area contributed by atoms with Gasteiger partial charge in [-0.1, -0.05) is 0 Å². The van der Waals surface area contributed by atoms with Crippen molar-refractivity contribution >= 4 is 5.78 Å². The van der Waals surface area contributed by atoms with Crippen molar-refractivity contribution in [2.24, 2.45) is 0 Å². The Morgan fingerprint density at radius 1 is 1.16 bits per heavy atom. The lowest BCUT2D eigenvalue weighted by Gasteiger charge is -2.35. The molecule has 1 heterocycles. The highest BCUT2D eigenvalue weighted by Crippen LogP contribution is 2.15. The lowest BCUT2D eigenvalue weighted by atomic mass is 10.0. The molecule has 0 spiro atoms. The topological polar surface area (TPSA) is 32.8 Å². The van der Waals surface area contributed by atoms with Gasteiger partial charge in [-0.05, 0) is 38.2 Å².